The van der Waals surface area contributed by atoms with E-state index >= 15 is 0 Å². The summed E-state index contributed by atoms with van der Waals surface area (Å²) in [6, 6.07) is 7.63. The number of nitrogens with one attached hydrogen (secondary N) is 2. The molecule has 0 fully saturated rings. The number of anilines is 1. The molecular formula is C17H21ClN4O. The lowest BCUT2D eigenvalue weighted by Gasteiger charge is -2.20. The van der Waals surface area contributed by atoms with Crippen LogP contribution in [0.1, 0.15) is 15.3 Å². The van der Waals surface area contributed by atoms with Crippen molar-refractivity contribution in [2.45, 2.75) is 19.9 Å². The van der Waals surface area contributed by atoms with E-state index in [0.717, 1.165) is 28.1 Å². The number of aliphatic hydroxyl groups is 1. The van der Waals surface area contributed by atoms with Crippen molar-refractivity contribution < 1.29 is 6.53 Å². The van der Waals surface area contributed by atoms with Gasteiger partial charge in [-0.3, -0.25) is 0 Å². The van der Waals surface area contributed by atoms with Crippen molar-refractivity contribution in [1.29, 1.82) is 0 Å². The molecule has 0 saturated carbocycles. The molecule has 3 aromatic rings. The van der Waals surface area contributed by atoms with Crippen LogP contribution in [0.25, 0.3) is 22.3 Å². The first-order valence-electron chi connectivity index (χ1n) is 7.56. The number of H-pyrrole nitrogens is 1. The Morgan fingerprint density at radius 1 is 1.39 bits per heavy atom. The van der Waals surface area contributed by atoms with Crippen molar-refractivity contribution in [2.75, 3.05) is 11.9 Å². The minimum Gasteiger partial charge on any atom is -0.394 e. The van der Waals surface area contributed by atoms with Gasteiger partial charge in [-0.25, -0.2) is 9.97 Å². The van der Waals surface area contributed by atoms with E-state index in [1.54, 1.807) is 6.20 Å². The maximum absolute atomic E-state index is 9.46. The normalized spacial score (nSPS) is 12.7. The summed E-state index contributed by atoms with van der Waals surface area (Å²) in [6.07, 6.45) is 3.50. The number of aromatic nitrogens is 3. The molecule has 23 heavy (non-hydrogen) atoms. The number of hydrogen-bond donors (Lipinski definition) is 3. The molecule has 5 nitrogen and oxygen atoms in total. The van der Waals surface area contributed by atoms with E-state index in [-0.39, 0.29) is 14.1 Å². The lowest BCUT2D eigenvalue weighted by molar-refractivity contribution is 0.249. The monoisotopic (exact) mass is 332 g/mol. The van der Waals surface area contributed by atoms with Crippen molar-refractivity contribution in [3.63, 3.8) is 0 Å². The smallest absolute Gasteiger partial charge is 0.138 e. The highest BCUT2D eigenvalue weighted by atomic mass is 35.5. The molecule has 0 aliphatic heterocycles. The summed E-state index contributed by atoms with van der Waals surface area (Å²) in [5.41, 5.74) is 2.55. The summed E-state index contributed by atoms with van der Waals surface area (Å²) in [6.45, 7) is 4.19. The van der Waals surface area contributed by atoms with Gasteiger partial charge >= 0.3 is 0 Å². The van der Waals surface area contributed by atoms with E-state index in [1.807, 2.05) is 30.5 Å². The zero-order valence-electron chi connectivity index (χ0n) is 13.0. The SMILES string of the molecule is CC(C)[C@H](CO)Nc1cccc(-c2c[nH]c3ncc(Cl)cc23)n1.[HH]. The minimum absolute atomic E-state index is 0. The Morgan fingerprint density at radius 3 is 2.96 bits per heavy atom. The molecular weight excluding hydrogens is 312 g/mol. The third kappa shape index (κ3) is 3.30. The van der Waals surface area contributed by atoms with Gasteiger partial charge in [0.1, 0.15) is 11.5 Å². The fraction of sp³-hybridized carbons (Fsp3) is 0.294. The highest BCUT2D eigenvalue weighted by Crippen LogP contribution is 2.29. The van der Waals surface area contributed by atoms with Crippen LogP contribution in [0, 0.1) is 5.92 Å². The summed E-state index contributed by atoms with van der Waals surface area (Å²) in [5, 5.41) is 14.3. The van der Waals surface area contributed by atoms with E-state index in [9.17, 15) is 5.11 Å². The maximum Gasteiger partial charge on any atom is 0.138 e. The lowest BCUT2D eigenvalue weighted by atomic mass is 10.1. The van der Waals surface area contributed by atoms with Crippen LogP contribution in [0.15, 0.2) is 36.7 Å². The predicted molar refractivity (Wildman–Crippen MR) is 95.8 cm³/mol. The second-order valence-corrected chi connectivity index (χ2v) is 6.27. The van der Waals surface area contributed by atoms with Crippen LogP contribution in [0.2, 0.25) is 5.02 Å². The summed E-state index contributed by atoms with van der Waals surface area (Å²) in [7, 11) is 0. The number of halogens is 1. The van der Waals surface area contributed by atoms with Gasteiger partial charge in [0.25, 0.3) is 0 Å². The van der Waals surface area contributed by atoms with Crippen LogP contribution in [-0.2, 0) is 0 Å². The molecule has 0 unspecified atom stereocenters. The van der Waals surface area contributed by atoms with Crippen LogP contribution < -0.4 is 5.32 Å². The van der Waals surface area contributed by atoms with E-state index in [2.05, 4.69) is 34.1 Å². The zero-order chi connectivity index (χ0) is 16.4. The number of rotatable bonds is 5. The van der Waals surface area contributed by atoms with E-state index < -0.39 is 0 Å². The highest BCUT2D eigenvalue weighted by molar-refractivity contribution is 6.31. The van der Waals surface area contributed by atoms with Crippen LogP contribution in [-0.4, -0.2) is 32.7 Å². The maximum atomic E-state index is 9.46. The van der Waals surface area contributed by atoms with Gasteiger partial charge < -0.3 is 15.4 Å². The van der Waals surface area contributed by atoms with Gasteiger partial charge in [-0.05, 0) is 24.1 Å². The van der Waals surface area contributed by atoms with Crippen LogP contribution in [0.3, 0.4) is 0 Å². The predicted octanol–water partition coefficient (Wildman–Crippen LogP) is 3.95. The standard InChI is InChI=1S/C17H19ClN4O.H2/c1-10(2)15(9-23)22-16-5-3-4-14(21-16)13-8-20-17-12(13)6-11(18)7-19-17;/h3-8,10,15,23H,9H2,1-2H3,(H,19,20)(H,21,22);1H/t15-;/m0./s1. The van der Waals surface area contributed by atoms with Crippen molar-refractivity contribution >= 4 is 28.5 Å². The number of hydrogen-bond acceptors (Lipinski definition) is 4. The summed E-state index contributed by atoms with van der Waals surface area (Å²) in [4.78, 5) is 12.1. The topological polar surface area (TPSA) is 73.8 Å². The van der Waals surface area contributed by atoms with E-state index in [4.69, 9.17) is 11.6 Å². The van der Waals surface area contributed by atoms with Crippen molar-refractivity contribution in [1.82, 2.24) is 15.0 Å². The Hall–Kier alpha value is -2.11. The third-order valence-corrected chi connectivity index (χ3v) is 4.06. The number of fused-ring (bicyclic) bond motifs is 1. The summed E-state index contributed by atoms with van der Waals surface area (Å²) in [5.74, 6) is 1.04. The first kappa shape index (κ1) is 15.8. The fourth-order valence-corrected chi connectivity index (χ4v) is 2.63. The number of aliphatic hydroxyl groups excluding tert-OH is 1. The minimum atomic E-state index is -0.0307. The third-order valence-electron chi connectivity index (χ3n) is 3.86. The van der Waals surface area contributed by atoms with Gasteiger partial charge in [-0.1, -0.05) is 31.5 Å². The second kappa shape index (κ2) is 6.56. The van der Waals surface area contributed by atoms with E-state index in [0.29, 0.717) is 10.9 Å². The molecule has 122 valence electrons. The molecule has 0 aromatic carbocycles. The second-order valence-electron chi connectivity index (χ2n) is 5.84. The Kier molecular flexibility index (Phi) is 4.50. The number of nitrogens with zero attached hydrogens (tertiary/aromatic N) is 2. The van der Waals surface area contributed by atoms with Gasteiger partial charge in [-0.15, -0.1) is 0 Å². The first-order valence-corrected chi connectivity index (χ1v) is 7.93. The van der Waals surface area contributed by atoms with Crippen molar-refractivity contribution in [3.05, 3.63) is 41.7 Å². The molecule has 0 spiro atoms. The Bertz CT molecular complexity index is 821. The highest BCUT2D eigenvalue weighted by Gasteiger charge is 2.14. The lowest BCUT2D eigenvalue weighted by Crippen LogP contribution is -2.29. The van der Waals surface area contributed by atoms with Crippen LogP contribution >= 0.6 is 11.6 Å². The van der Waals surface area contributed by atoms with E-state index in [1.165, 1.54) is 0 Å². The molecule has 0 bridgehead atoms. The Balaban J connectivity index is 0.00000208. The summed E-state index contributed by atoms with van der Waals surface area (Å²) < 4.78 is 0. The largest absolute Gasteiger partial charge is 0.394 e. The number of aromatic amines is 1. The molecule has 1 atom stereocenters. The van der Waals surface area contributed by atoms with Gasteiger partial charge in [0, 0.05) is 24.8 Å². The fourth-order valence-electron chi connectivity index (χ4n) is 2.47. The summed E-state index contributed by atoms with van der Waals surface area (Å²) >= 11 is 6.05. The molecule has 3 aromatic heterocycles. The van der Waals surface area contributed by atoms with Gasteiger partial charge in [-0.2, -0.15) is 0 Å². The van der Waals surface area contributed by atoms with Gasteiger partial charge in [0.15, 0.2) is 0 Å². The van der Waals surface area contributed by atoms with Gasteiger partial charge in [0.2, 0.25) is 0 Å². The molecule has 3 N–H and O–H groups in total. The quantitative estimate of drug-likeness (QED) is 0.661. The van der Waals surface area contributed by atoms with Crippen LogP contribution in [0.5, 0.6) is 0 Å². The Labute approximate surface area is 141 Å². The van der Waals surface area contributed by atoms with Gasteiger partial charge in [0.05, 0.1) is 23.4 Å². The Morgan fingerprint density at radius 2 is 2.22 bits per heavy atom. The molecule has 6 heteroatoms. The van der Waals surface area contributed by atoms with Crippen molar-refractivity contribution in [2.24, 2.45) is 5.92 Å². The molecule has 0 aliphatic carbocycles. The number of pyridine rings is 2. The molecule has 3 heterocycles. The molecule has 0 radical (unpaired) electrons. The molecule has 3 rings (SSSR count). The first-order chi connectivity index (χ1) is 11.1. The molecule has 0 amide bonds. The molecule has 0 aliphatic rings. The average molecular weight is 333 g/mol. The van der Waals surface area contributed by atoms with Crippen LogP contribution in [0.4, 0.5) is 5.82 Å². The average Bonchev–Trinajstić information content (AvgIpc) is 2.95. The zero-order valence-corrected chi connectivity index (χ0v) is 13.8. The molecule has 0 saturated heterocycles. The van der Waals surface area contributed by atoms with Crippen molar-refractivity contribution in [3.8, 4) is 11.3 Å².